The number of carboxylic acid groups (broad SMARTS) is 1. The van der Waals surface area contributed by atoms with Crippen LogP contribution in [-0.2, 0) is 10.3 Å². The fourth-order valence-corrected chi connectivity index (χ4v) is 4.40. The van der Waals surface area contributed by atoms with Crippen molar-refractivity contribution in [2.45, 2.75) is 18.1 Å². The molecule has 2 N–H and O–H groups in total. The van der Waals surface area contributed by atoms with Crippen molar-refractivity contribution in [1.29, 1.82) is 0 Å². The van der Waals surface area contributed by atoms with E-state index in [0.29, 0.717) is 5.75 Å². The van der Waals surface area contributed by atoms with Crippen molar-refractivity contribution >= 4 is 28.7 Å². The van der Waals surface area contributed by atoms with Gasteiger partial charge in [0, 0.05) is 29.4 Å². The van der Waals surface area contributed by atoms with Gasteiger partial charge in [-0.05, 0) is 12.5 Å². The van der Waals surface area contributed by atoms with Gasteiger partial charge in [0.15, 0.2) is 5.17 Å². The highest BCUT2D eigenvalue weighted by molar-refractivity contribution is 8.13. The van der Waals surface area contributed by atoms with E-state index in [9.17, 15) is 23.7 Å². The topological polar surface area (TPSA) is 114 Å². The molecular weight excluding hydrogens is 372 g/mol. The van der Waals surface area contributed by atoms with Crippen LogP contribution < -0.4 is 5.32 Å². The Morgan fingerprint density at radius 1 is 1.58 bits per heavy atom. The maximum Gasteiger partial charge on any atom is 0.410 e. The number of fused-ring (bicyclic) bond motifs is 1. The lowest BCUT2D eigenvalue weighted by molar-refractivity contribution is -0.385. The first-order valence-electron chi connectivity index (χ1n) is 7.70. The number of aliphatic imine (C=N–C) groups is 1. The van der Waals surface area contributed by atoms with Crippen molar-refractivity contribution in [3.8, 4) is 0 Å². The number of ether oxygens (including phenoxy) is 1. The summed E-state index contributed by atoms with van der Waals surface area (Å²) in [4.78, 5) is 25.7. The van der Waals surface area contributed by atoms with E-state index in [0.717, 1.165) is 30.0 Å². The number of halogens is 2. The zero-order valence-electron chi connectivity index (χ0n) is 13.4. The number of thioether (sulfide) groups is 1. The van der Waals surface area contributed by atoms with E-state index in [1.54, 1.807) is 0 Å². The number of nitrogens with zero attached hydrogens (tertiary/aromatic N) is 2. The van der Waals surface area contributed by atoms with Crippen LogP contribution in [0.1, 0.15) is 12.0 Å². The molecule has 1 aromatic rings. The maximum atomic E-state index is 14.6. The molecular formula is C15H15F2N3O5S. The number of nitro benzene ring substituents is 1. The molecule has 1 saturated heterocycles. The minimum absolute atomic E-state index is 0.0435. The molecule has 0 radical (unpaired) electrons. The number of amides is 1. The predicted octanol–water partition coefficient (Wildman–Crippen LogP) is 2.67. The van der Waals surface area contributed by atoms with Gasteiger partial charge in [0.2, 0.25) is 0 Å². The number of rotatable bonds is 3. The lowest BCUT2D eigenvalue weighted by atomic mass is 9.75. The van der Waals surface area contributed by atoms with Gasteiger partial charge in [0.05, 0.1) is 17.6 Å². The summed E-state index contributed by atoms with van der Waals surface area (Å²) in [6.45, 7) is -0.908. The van der Waals surface area contributed by atoms with Crippen LogP contribution in [-0.4, -0.2) is 46.4 Å². The highest BCUT2D eigenvalue weighted by atomic mass is 32.2. The summed E-state index contributed by atoms with van der Waals surface area (Å²) in [5.74, 6) is -0.729. The van der Waals surface area contributed by atoms with Gasteiger partial charge in [-0.3, -0.25) is 15.4 Å². The monoisotopic (exact) mass is 387 g/mol. The quantitative estimate of drug-likeness (QED) is 0.609. The van der Waals surface area contributed by atoms with Crippen LogP contribution in [0.2, 0.25) is 0 Å². The molecule has 0 aromatic heterocycles. The molecule has 0 saturated carbocycles. The molecule has 3 rings (SSSR count). The molecule has 1 aromatic carbocycles. The Balaban J connectivity index is 2.11. The normalized spacial score (nSPS) is 28.0. The van der Waals surface area contributed by atoms with E-state index in [1.165, 1.54) is 0 Å². The summed E-state index contributed by atoms with van der Waals surface area (Å²) < 4.78 is 33.1. The molecule has 0 aliphatic carbocycles. The maximum absolute atomic E-state index is 14.6. The SMILES string of the molecule is O=C(O)NC1=N[C@@]2(c3cc([N+](=O)[O-])ccc3F)CO[C@@H](CF)C[C@H]2CS1. The number of amidine groups is 1. The van der Waals surface area contributed by atoms with Gasteiger partial charge in [0.1, 0.15) is 18.0 Å². The van der Waals surface area contributed by atoms with Gasteiger partial charge in [-0.15, -0.1) is 0 Å². The minimum atomic E-state index is -1.36. The number of hydrogen-bond acceptors (Lipinski definition) is 6. The molecule has 1 amide bonds. The number of alkyl halides is 1. The highest BCUT2D eigenvalue weighted by Gasteiger charge is 2.50. The van der Waals surface area contributed by atoms with E-state index in [-0.39, 0.29) is 35.4 Å². The van der Waals surface area contributed by atoms with Crippen LogP contribution in [0, 0.1) is 21.8 Å². The van der Waals surface area contributed by atoms with Crippen molar-refractivity contribution < 1.29 is 28.3 Å². The molecule has 11 heteroatoms. The number of nitrogens with one attached hydrogen (secondary N) is 1. The Morgan fingerprint density at radius 3 is 3.00 bits per heavy atom. The van der Waals surface area contributed by atoms with E-state index >= 15 is 0 Å². The van der Waals surface area contributed by atoms with Crippen LogP contribution in [0.25, 0.3) is 0 Å². The van der Waals surface area contributed by atoms with Crippen molar-refractivity contribution in [2.24, 2.45) is 10.9 Å². The summed E-state index contributed by atoms with van der Waals surface area (Å²) in [5, 5.41) is 22.2. The van der Waals surface area contributed by atoms with E-state index in [4.69, 9.17) is 9.84 Å². The molecule has 2 aliphatic rings. The van der Waals surface area contributed by atoms with Gasteiger partial charge < -0.3 is 9.84 Å². The largest absolute Gasteiger partial charge is 0.465 e. The summed E-state index contributed by atoms with van der Waals surface area (Å²) in [6.07, 6.45) is -1.75. The Hall–Kier alpha value is -2.27. The zero-order chi connectivity index (χ0) is 18.9. The van der Waals surface area contributed by atoms with Gasteiger partial charge in [-0.25, -0.2) is 18.6 Å². The lowest BCUT2D eigenvalue weighted by Crippen LogP contribution is -2.51. The molecule has 1 fully saturated rings. The molecule has 0 unspecified atom stereocenters. The van der Waals surface area contributed by atoms with Gasteiger partial charge >= 0.3 is 6.09 Å². The second-order valence-corrected chi connectivity index (χ2v) is 7.03. The van der Waals surface area contributed by atoms with Crippen LogP contribution >= 0.6 is 11.8 Å². The number of hydrogen-bond donors (Lipinski definition) is 2. The molecule has 2 heterocycles. The lowest BCUT2D eigenvalue weighted by Gasteiger charge is -2.46. The average molecular weight is 387 g/mol. The smallest absolute Gasteiger partial charge is 0.410 e. The number of non-ortho nitro benzene ring substituents is 1. The van der Waals surface area contributed by atoms with Crippen LogP contribution in [0.15, 0.2) is 23.2 Å². The van der Waals surface area contributed by atoms with Crippen LogP contribution in [0.5, 0.6) is 0 Å². The van der Waals surface area contributed by atoms with Crippen LogP contribution in [0.3, 0.4) is 0 Å². The molecule has 26 heavy (non-hydrogen) atoms. The van der Waals surface area contributed by atoms with E-state index in [1.807, 2.05) is 0 Å². The first-order valence-corrected chi connectivity index (χ1v) is 8.69. The highest BCUT2D eigenvalue weighted by Crippen LogP contribution is 2.47. The van der Waals surface area contributed by atoms with E-state index < -0.39 is 35.2 Å². The minimum Gasteiger partial charge on any atom is -0.465 e. The van der Waals surface area contributed by atoms with Crippen molar-refractivity contribution in [3.63, 3.8) is 0 Å². The summed E-state index contributed by atoms with van der Waals surface area (Å²) in [7, 11) is 0. The predicted molar refractivity (Wildman–Crippen MR) is 89.6 cm³/mol. The number of benzene rings is 1. The molecule has 0 bridgehead atoms. The zero-order valence-corrected chi connectivity index (χ0v) is 14.2. The number of nitro groups is 1. The first kappa shape index (κ1) is 18.5. The molecule has 8 nitrogen and oxygen atoms in total. The second kappa shape index (κ2) is 7.16. The first-order chi connectivity index (χ1) is 12.4. The van der Waals surface area contributed by atoms with Crippen molar-refractivity contribution in [2.75, 3.05) is 19.0 Å². The van der Waals surface area contributed by atoms with Crippen molar-refractivity contribution in [1.82, 2.24) is 5.32 Å². The Kier molecular flexibility index (Phi) is 5.10. The van der Waals surface area contributed by atoms with Crippen molar-refractivity contribution in [3.05, 3.63) is 39.7 Å². The standard InChI is InChI=1S/C15H15F2N3O5S/c16-5-10-3-8-6-26-13(18-14(21)22)19-15(8,7-25-10)11-4-9(20(23)24)1-2-12(11)17/h1-2,4,8,10H,3,5-7H2,(H,18,19)(H,21,22)/t8-,10+,15-/m0/s1. The number of carbonyl (C=O) groups is 1. The molecule has 140 valence electrons. The van der Waals surface area contributed by atoms with E-state index in [2.05, 4.69) is 10.3 Å². The average Bonchev–Trinajstić information content (AvgIpc) is 2.60. The molecule has 3 atom stereocenters. The fourth-order valence-electron chi connectivity index (χ4n) is 3.25. The third kappa shape index (κ3) is 3.36. The Morgan fingerprint density at radius 2 is 2.35 bits per heavy atom. The molecule has 0 spiro atoms. The third-order valence-corrected chi connectivity index (χ3v) is 5.53. The summed E-state index contributed by atoms with van der Waals surface area (Å²) >= 11 is 1.12. The second-order valence-electron chi connectivity index (χ2n) is 6.02. The summed E-state index contributed by atoms with van der Waals surface area (Å²) in [5.41, 5.74) is -1.73. The fraction of sp³-hybridized carbons (Fsp3) is 0.467. The molecule has 2 aliphatic heterocycles. The Bertz CT molecular complexity index is 778. The third-order valence-electron chi connectivity index (χ3n) is 4.50. The van der Waals surface area contributed by atoms with Gasteiger partial charge in [0.25, 0.3) is 5.69 Å². The van der Waals surface area contributed by atoms with Gasteiger partial charge in [-0.1, -0.05) is 11.8 Å². The summed E-state index contributed by atoms with van der Waals surface area (Å²) in [6, 6.07) is 3.09. The van der Waals surface area contributed by atoms with Crippen LogP contribution in [0.4, 0.5) is 19.3 Å². The Labute approximate surface area is 150 Å². The van der Waals surface area contributed by atoms with Gasteiger partial charge in [-0.2, -0.15) is 0 Å².